The molecule has 10 heteroatoms. The molecule has 29 heavy (non-hydrogen) atoms. The molecule has 4 N–H and O–H groups in total. The fourth-order valence-electron chi connectivity index (χ4n) is 3.83. The maximum absolute atomic E-state index is 12.9. The molecule has 2 amide bonds. The van der Waals surface area contributed by atoms with E-state index in [1.165, 1.54) is 29.3 Å². The van der Waals surface area contributed by atoms with Crippen molar-refractivity contribution in [1.82, 2.24) is 10.2 Å². The van der Waals surface area contributed by atoms with E-state index in [1.807, 2.05) is 18.2 Å². The zero-order chi connectivity index (χ0) is 20.9. The van der Waals surface area contributed by atoms with Crippen LogP contribution in [0.2, 0.25) is 0 Å². The van der Waals surface area contributed by atoms with Gasteiger partial charge in [-0.2, -0.15) is 11.8 Å². The molecule has 1 aromatic rings. The maximum atomic E-state index is 12.9. The normalized spacial score (nSPS) is 26.5. The number of fused-ring (bicyclic) bond motifs is 2. The molecule has 0 spiro atoms. The number of amides is 2. The average molecular weight is 436 g/mol. The Morgan fingerprint density at radius 1 is 1.34 bits per heavy atom. The molecule has 154 valence electrons. The van der Waals surface area contributed by atoms with Crippen molar-refractivity contribution in [3.8, 4) is 0 Å². The number of carbonyl (C=O) groups excluding carboxylic acids is 2. The van der Waals surface area contributed by atoms with Crippen molar-refractivity contribution < 1.29 is 24.2 Å². The Labute approximate surface area is 176 Å². The number of hydrogen-bond donors (Lipinski definition) is 3. The number of nitrogens with zero attached hydrogens (tertiary/aromatic N) is 1. The summed E-state index contributed by atoms with van der Waals surface area (Å²) in [5.41, 5.74) is 8.15. The highest BCUT2D eigenvalue weighted by molar-refractivity contribution is 8.00. The predicted molar refractivity (Wildman–Crippen MR) is 110 cm³/mol. The van der Waals surface area contributed by atoms with E-state index in [-0.39, 0.29) is 5.70 Å². The molecular weight excluding hydrogens is 414 g/mol. The van der Waals surface area contributed by atoms with Crippen molar-refractivity contribution in [3.63, 3.8) is 0 Å². The van der Waals surface area contributed by atoms with E-state index in [0.717, 1.165) is 17.1 Å². The van der Waals surface area contributed by atoms with Gasteiger partial charge in [0.2, 0.25) is 5.91 Å². The molecule has 4 rings (SSSR count). The lowest BCUT2D eigenvalue weighted by molar-refractivity contribution is -0.192. The fourth-order valence-corrected chi connectivity index (χ4v) is 6.31. The van der Waals surface area contributed by atoms with Gasteiger partial charge in [-0.1, -0.05) is 18.2 Å². The molecule has 8 nitrogen and oxygen atoms in total. The van der Waals surface area contributed by atoms with Crippen LogP contribution >= 0.6 is 23.5 Å². The van der Waals surface area contributed by atoms with Crippen LogP contribution in [0, 0.1) is 0 Å². The van der Waals surface area contributed by atoms with Gasteiger partial charge in [0.05, 0.1) is 0 Å². The Balaban J connectivity index is 1.56. The number of methoxy groups -OCH3 is 1. The lowest BCUT2D eigenvalue weighted by Gasteiger charge is -2.55. The van der Waals surface area contributed by atoms with Gasteiger partial charge in [-0.3, -0.25) is 14.5 Å². The first-order valence-electron chi connectivity index (χ1n) is 9.00. The van der Waals surface area contributed by atoms with Gasteiger partial charge in [0, 0.05) is 24.4 Å². The number of thioether (sulfide) groups is 2. The fraction of sp³-hybridized carbons (Fsp3) is 0.421. The Kier molecular flexibility index (Phi) is 5.14. The summed E-state index contributed by atoms with van der Waals surface area (Å²) in [4.78, 5) is 38.5. The number of ether oxygens (including phenoxy) is 1. The quantitative estimate of drug-likeness (QED) is 0.465. The van der Waals surface area contributed by atoms with Gasteiger partial charge in [0.15, 0.2) is 0 Å². The van der Waals surface area contributed by atoms with E-state index in [0.29, 0.717) is 16.9 Å². The number of rotatable bonds is 5. The number of hydrogen-bond acceptors (Lipinski definition) is 7. The van der Waals surface area contributed by atoms with Gasteiger partial charge in [-0.25, -0.2) is 4.79 Å². The minimum atomic E-state index is -1.63. The van der Waals surface area contributed by atoms with E-state index in [2.05, 4.69) is 5.32 Å². The van der Waals surface area contributed by atoms with E-state index in [9.17, 15) is 19.5 Å². The number of carbonyl (C=O) groups is 3. The summed E-state index contributed by atoms with van der Waals surface area (Å²) in [6.07, 6.45) is 0. The molecule has 1 aromatic carbocycles. The summed E-state index contributed by atoms with van der Waals surface area (Å²) in [5.74, 6) is -0.0775. The van der Waals surface area contributed by atoms with Crippen molar-refractivity contribution in [2.45, 2.75) is 35.6 Å². The van der Waals surface area contributed by atoms with Crippen molar-refractivity contribution >= 4 is 41.3 Å². The van der Waals surface area contributed by atoms with Crippen molar-refractivity contribution in [3.05, 3.63) is 46.2 Å². The minimum absolute atomic E-state index is 0.0545. The van der Waals surface area contributed by atoms with E-state index >= 15 is 0 Å². The van der Waals surface area contributed by atoms with Crippen molar-refractivity contribution in [1.29, 1.82) is 0 Å². The molecule has 1 saturated heterocycles. The summed E-state index contributed by atoms with van der Waals surface area (Å²) in [6.45, 7) is 1.67. The standard InChI is InChI=1S/C19H21N3O5S2/c1-9-6-29-18-19(27-2,17(26)22(18)14(9)16(24)25)21-15(23)13(20)10-3-4-11-7-28-8-12(11)5-10/h3-5,13,18H,6-8,20H2,1-2H3,(H,21,23)(H,24,25). The van der Waals surface area contributed by atoms with Crippen molar-refractivity contribution in [2.24, 2.45) is 5.73 Å². The average Bonchev–Trinajstić information content (AvgIpc) is 3.18. The van der Waals surface area contributed by atoms with E-state index in [4.69, 9.17) is 10.5 Å². The highest BCUT2D eigenvalue weighted by Gasteiger charge is 2.66. The first-order chi connectivity index (χ1) is 13.8. The zero-order valence-corrected chi connectivity index (χ0v) is 17.6. The predicted octanol–water partition coefficient (Wildman–Crippen LogP) is 1.17. The highest BCUT2D eigenvalue weighted by Crippen LogP contribution is 2.46. The molecule has 0 saturated carbocycles. The first-order valence-corrected chi connectivity index (χ1v) is 11.2. The maximum Gasteiger partial charge on any atom is 0.352 e. The van der Waals surface area contributed by atoms with Crippen LogP contribution in [0.4, 0.5) is 0 Å². The molecule has 1 fully saturated rings. The summed E-state index contributed by atoms with van der Waals surface area (Å²) in [6, 6.07) is 4.76. The molecule has 0 radical (unpaired) electrons. The summed E-state index contributed by atoms with van der Waals surface area (Å²) < 4.78 is 5.43. The van der Waals surface area contributed by atoms with Crippen molar-refractivity contribution in [2.75, 3.05) is 12.9 Å². The van der Waals surface area contributed by atoms with Crippen LogP contribution in [0.1, 0.15) is 29.7 Å². The molecular formula is C19H21N3O5S2. The Morgan fingerprint density at radius 2 is 2.07 bits per heavy atom. The van der Waals surface area contributed by atoms with Gasteiger partial charge in [-0.15, -0.1) is 11.8 Å². The van der Waals surface area contributed by atoms with Crippen LogP contribution < -0.4 is 11.1 Å². The number of carboxylic acids is 1. The second-order valence-electron chi connectivity index (χ2n) is 7.20. The van der Waals surface area contributed by atoms with Crippen LogP contribution in [-0.4, -0.2) is 51.8 Å². The lowest BCUT2D eigenvalue weighted by Crippen LogP contribution is -2.81. The molecule has 3 unspecified atom stereocenters. The highest BCUT2D eigenvalue weighted by atomic mass is 32.2. The van der Waals surface area contributed by atoms with Crippen LogP contribution in [-0.2, 0) is 30.6 Å². The third-order valence-corrected chi connectivity index (χ3v) is 7.93. The number of aliphatic carboxylic acids is 1. The first kappa shape index (κ1) is 20.3. The van der Waals surface area contributed by atoms with Crippen LogP contribution in [0.5, 0.6) is 0 Å². The zero-order valence-electron chi connectivity index (χ0n) is 15.9. The van der Waals surface area contributed by atoms with Crippen LogP contribution in [0.15, 0.2) is 29.5 Å². The van der Waals surface area contributed by atoms with E-state index in [1.54, 1.807) is 18.7 Å². The number of benzene rings is 1. The molecule has 0 aromatic heterocycles. The molecule has 0 bridgehead atoms. The van der Waals surface area contributed by atoms with Crippen LogP contribution in [0.3, 0.4) is 0 Å². The number of β-lactam (4-membered cyclic amide) rings is 1. The molecule has 0 aliphatic carbocycles. The second-order valence-corrected chi connectivity index (χ2v) is 9.25. The Hall–Kier alpha value is -2.01. The van der Waals surface area contributed by atoms with E-state index < -0.39 is 34.9 Å². The SMILES string of the molecule is COC1(NC(=O)C(N)c2ccc3c(c2)CSC3)C(=O)N2C(C(=O)O)=C(C)CSC21. The summed E-state index contributed by atoms with van der Waals surface area (Å²) >= 11 is 3.15. The van der Waals surface area contributed by atoms with Gasteiger partial charge in [-0.05, 0) is 29.2 Å². The number of nitrogens with two attached hydrogens (primary N) is 1. The lowest BCUT2D eigenvalue weighted by atomic mass is 9.96. The largest absolute Gasteiger partial charge is 0.477 e. The molecule has 3 atom stereocenters. The minimum Gasteiger partial charge on any atom is -0.477 e. The van der Waals surface area contributed by atoms with Crippen LogP contribution in [0.25, 0.3) is 0 Å². The van der Waals surface area contributed by atoms with Gasteiger partial charge in [0.25, 0.3) is 11.6 Å². The van der Waals surface area contributed by atoms with Gasteiger partial charge < -0.3 is 20.9 Å². The molecule has 3 heterocycles. The Morgan fingerprint density at radius 3 is 2.76 bits per heavy atom. The Bertz CT molecular complexity index is 950. The summed E-state index contributed by atoms with van der Waals surface area (Å²) in [5, 5.41) is 11.5. The molecule has 3 aliphatic rings. The van der Waals surface area contributed by atoms with Gasteiger partial charge >= 0.3 is 5.97 Å². The second kappa shape index (κ2) is 7.35. The third kappa shape index (κ3) is 3.05. The summed E-state index contributed by atoms with van der Waals surface area (Å²) in [7, 11) is 1.32. The third-order valence-electron chi connectivity index (χ3n) is 5.44. The smallest absolute Gasteiger partial charge is 0.352 e. The number of carboxylic acid groups (broad SMARTS) is 1. The topological polar surface area (TPSA) is 122 Å². The van der Waals surface area contributed by atoms with Gasteiger partial charge in [0.1, 0.15) is 17.1 Å². The monoisotopic (exact) mass is 435 g/mol. The number of nitrogens with one attached hydrogen (secondary N) is 1. The molecule has 3 aliphatic heterocycles.